The van der Waals surface area contributed by atoms with E-state index in [4.69, 9.17) is 11.6 Å². The molecule has 0 N–H and O–H groups in total. The molecule has 0 amide bonds. The van der Waals surface area contributed by atoms with Gasteiger partial charge in [-0.15, -0.1) is 11.6 Å². The number of alkyl halides is 2. The van der Waals surface area contributed by atoms with Crippen molar-refractivity contribution in [1.29, 1.82) is 0 Å². The molecule has 0 aromatic heterocycles. The first-order valence-electron chi connectivity index (χ1n) is 3.16. The van der Waals surface area contributed by atoms with Crippen molar-refractivity contribution in [3.8, 4) is 0 Å². The summed E-state index contributed by atoms with van der Waals surface area (Å²) in [4.78, 5) is 0. The quantitative estimate of drug-likeness (QED) is 0.366. The minimum absolute atomic E-state index is 0.0329. The molecular formula is C7H10ClF. The molecule has 0 aromatic carbocycles. The van der Waals surface area contributed by atoms with Crippen LogP contribution in [0.25, 0.3) is 0 Å². The van der Waals surface area contributed by atoms with Crippen molar-refractivity contribution in [3.63, 3.8) is 0 Å². The first kappa shape index (κ1) is 7.07. The zero-order valence-corrected chi connectivity index (χ0v) is 5.99. The lowest BCUT2D eigenvalue weighted by Gasteiger charge is -2.21. The topological polar surface area (TPSA) is 0 Å². The van der Waals surface area contributed by atoms with Crippen LogP contribution in [-0.4, -0.2) is 11.5 Å². The van der Waals surface area contributed by atoms with E-state index in [0.717, 1.165) is 12.8 Å². The standard InChI is InChI=1S/C7H10ClF/c1-5-2-3-6(8)4-7(5)9/h6-7H,1-4H2. The first-order chi connectivity index (χ1) is 4.20. The van der Waals surface area contributed by atoms with Crippen LogP contribution in [0.15, 0.2) is 12.2 Å². The van der Waals surface area contributed by atoms with E-state index in [1.54, 1.807) is 0 Å². The molecule has 52 valence electrons. The van der Waals surface area contributed by atoms with E-state index in [9.17, 15) is 4.39 Å². The van der Waals surface area contributed by atoms with Gasteiger partial charge >= 0.3 is 0 Å². The third kappa shape index (κ3) is 1.68. The van der Waals surface area contributed by atoms with Crippen molar-refractivity contribution in [2.75, 3.05) is 0 Å². The summed E-state index contributed by atoms with van der Waals surface area (Å²) >= 11 is 5.70. The fourth-order valence-electron chi connectivity index (χ4n) is 1.01. The fourth-order valence-corrected chi connectivity index (χ4v) is 1.27. The lowest BCUT2D eigenvalue weighted by atomic mass is 9.94. The van der Waals surface area contributed by atoms with Gasteiger partial charge in [0.1, 0.15) is 6.17 Å². The Morgan fingerprint density at radius 1 is 1.67 bits per heavy atom. The second-order valence-electron chi connectivity index (χ2n) is 2.50. The molecule has 0 aromatic rings. The van der Waals surface area contributed by atoms with Gasteiger partial charge in [0.15, 0.2) is 0 Å². The molecule has 2 atom stereocenters. The molecule has 0 bridgehead atoms. The fraction of sp³-hybridized carbons (Fsp3) is 0.714. The lowest BCUT2D eigenvalue weighted by molar-refractivity contribution is 0.321. The summed E-state index contributed by atoms with van der Waals surface area (Å²) in [6.07, 6.45) is 1.26. The van der Waals surface area contributed by atoms with Crippen LogP contribution >= 0.6 is 11.6 Å². The molecule has 2 unspecified atom stereocenters. The maximum Gasteiger partial charge on any atom is 0.122 e. The molecule has 1 fully saturated rings. The smallest absolute Gasteiger partial charge is 0.122 e. The highest BCUT2D eigenvalue weighted by Crippen LogP contribution is 2.28. The summed E-state index contributed by atoms with van der Waals surface area (Å²) in [6.45, 7) is 3.60. The summed E-state index contributed by atoms with van der Waals surface area (Å²) < 4.78 is 12.6. The van der Waals surface area contributed by atoms with E-state index in [1.165, 1.54) is 0 Å². The van der Waals surface area contributed by atoms with Gasteiger partial charge in [0.05, 0.1) is 0 Å². The number of rotatable bonds is 0. The Labute approximate surface area is 59.7 Å². The van der Waals surface area contributed by atoms with Crippen LogP contribution in [0, 0.1) is 0 Å². The van der Waals surface area contributed by atoms with Crippen LogP contribution in [0.1, 0.15) is 19.3 Å². The normalized spacial score (nSPS) is 36.9. The van der Waals surface area contributed by atoms with Crippen molar-refractivity contribution < 1.29 is 4.39 Å². The monoisotopic (exact) mass is 148 g/mol. The molecule has 0 aliphatic heterocycles. The average Bonchev–Trinajstić information content (AvgIpc) is 1.80. The summed E-state index contributed by atoms with van der Waals surface area (Å²) in [6, 6.07) is 0. The van der Waals surface area contributed by atoms with E-state index in [2.05, 4.69) is 6.58 Å². The van der Waals surface area contributed by atoms with Gasteiger partial charge in [-0.3, -0.25) is 0 Å². The summed E-state index contributed by atoms with van der Waals surface area (Å²) in [5, 5.41) is 0.0329. The Morgan fingerprint density at radius 3 is 2.78 bits per heavy atom. The van der Waals surface area contributed by atoms with Crippen molar-refractivity contribution in [2.24, 2.45) is 0 Å². The molecule has 9 heavy (non-hydrogen) atoms. The zero-order valence-electron chi connectivity index (χ0n) is 5.24. The van der Waals surface area contributed by atoms with E-state index in [1.807, 2.05) is 0 Å². The Bertz CT molecular complexity index is 122. The SMILES string of the molecule is C=C1CCC(Cl)CC1F. The van der Waals surface area contributed by atoms with Crippen LogP contribution in [0.4, 0.5) is 4.39 Å². The molecule has 0 nitrogen and oxygen atoms in total. The first-order valence-corrected chi connectivity index (χ1v) is 3.59. The Morgan fingerprint density at radius 2 is 2.33 bits per heavy atom. The molecule has 0 saturated heterocycles. The Kier molecular flexibility index (Phi) is 2.12. The second kappa shape index (κ2) is 2.70. The molecule has 1 aliphatic rings. The molecule has 0 spiro atoms. The third-order valence-electron chi connectivity index (χ3n) is 1.68. The maximum absolute atomic E-state index is 12.6. The van der Waals surface area contributed by atoms with Gasteiger partial charge in [0, 0.05) is 5.38 Å². The molecule has 0 radical (unpaired) electrons. The van der Waals surface area contributed by atoms with Crippen LogP contribution < -0.4 is 0 Å². The summed E-state index contributed by atoms with van der Waals surface area (Å²) in [5.74, 6) is 0. The lowest BCUT2D eigenvalue weighted by Crippen LogP contribution is -2.17. The highest BCUT2D eigenvalue weighted by molar-refractivity contribution is 6.20. The van der Waals surface area contributed by atoms with Crippen LogP contribution in [-0.2, 0) is 0 Å². The van der Waals surface area contributed by atoms with E-state index < -0.39 is 6.17 Å². The third-order valence-corrected chi connectivity index (χ3v) is 2.08. The molecule has 2 heteroatoms. The number of halogens is 2. The predicted octanol–water partition coefficient (Wildman–Crippen LogP) is 2.67. The van der Waals surface area contributed by atoms with Crippen molar-refractivity contribution in [2.45, 2.75) is 30.8 Å². The van der Waals surface area contributed by atoms with Crippen molar-refractivity contribution in [1.82, 2.24) is 0 Å². The molecule has 1 rings (SSSR count). The minimum Gasteiger partial charge on any atom is -0.243 e. The van der Waals surface area contributed by atoms with Gasteiger partial charge in [0.25, 0.3) is 0 Å². The molecule has 1 saturated carbocycles. The minimum atomic E-state index is -0.846. The highest BCUT2D eigenvalue weighted by Gasteiger charge is 2.22. The number of allylic oxidation sites excluding steroid dienone is 1. The van der Waals surface area contributed by atoms with Crippen molar-refractivity contribution in [3.05, 3.63) is 12.2 Å². The van der Waals surface area contributed by atoms with Crippen LogP contribution in [0.2, 0.25) is 0 Å². The van der Waals surface area contributed by atoms with E-state index in [0.29, 0.717) is 12.0 Å². The molecular weight excluding hydrogens is 139 g/mol. The highest BCUT2D eigenvalue weighted by atomic mass is 35.5. The van der Waals surface area contributed by atoms with E-state index >= 15 is 0 Å². The predicted molar refractivity (Wildman–Crippen MR) is 37.5 cm³/mol. The Balaban J connectivity index is 2.44. The molecule has 1 aliphatic carbocycles. The van der Waals surface area contributed by atoms with Gasteiger partial charge in [-0.2, -0.15) is 0 Å². The zero-order chi connectivity index (χ0) is 6.85. The van der Waals surface area contributed by atoms with Crippen LogP contribution in [0.3, 0.4) is 0 Å². The number of hydrogen-bond acceptors (Lipinski definition) is 0. The average molecular weight is 149 g/mol. The van der Waals surface area contributed by atoms with Gasteiger partial charge in [-0.05, 0) is 24.8 Å². The van der Waals surface area contributed by atoms with Gasteiger partial charge in [-0.1, -0.05) is 6.58 Å². The van der Waals surface area contributed by atoms with Gasteiger partial charge in [-0.25, -0.2) is 4.39 Å². The van der Waals surface area contributed by atoms with E-state index in [-0.39, 0.29) is 5.38 Å². The van der Waals surface area contributed by atoms with Crippen LogP contribution in [0.5, 0.6) is 0 Å². The number of hydrogen-bond donors (Lipinski definition) is 0. The second-order valence-corrected chi connectivity index (χ2v) is 3.11. The largest absolute Gasteiger partial charge is 0.243 e. The molecule has 0 heterocycles. The van der Waals surface area contributed by atoms with Gasteiger partial charge < -0.3 is 0 Å². The maximum atomic E-state index is 12.6. The Hall–Kier alpha value is -0.0400. The van der Waals surface area contributed by atoms with Gasteiger partial charge in [0.2, 0.25) is 0 Å². The summed E-state index contributed by atoms with van der Waals surface area (Å²) in [5.41, 5.74) is 0.715. The summed E-state index contributed by atoms with van der Waals surface area (Å²) in [7, 11) is 0. The van der Waals surface area contributed by atoms with Crippen molar-refractivity contribution >= 4 is 11.6 Å².